The fourth-order valence-corrected chi connectivity index (χ4v) is 1.23. The SMILES string of the molecule is NC(=NO)C1C=C(c2cccnc2)NO1. The minimum absolute atomic E-state index is 0.00129. The van der Waals surface area contributed by atoms with E-state index in [1.54, 1.807) is 18.5 Å². The van der Waals surface area contributed by atoms with E-state index in [-0.39, 0.29) is 5.84 Å². The quantitative estimate of drug-likeness (QED) is 0.275. The fraction of sp³-hybridized carbons (Fsp3) is 0.111. The molecule has 15 heavy (non-hydrogen) atoms. The summed E-state index contributed by atoms with van der Waals surface area (Å²) < 4.78 is 0. The minimum atomic E-state index is -0.551. The van der Waals surface area contributed by atoms with Crippen molar-refractivity contribution >= 4 is 11.5 Å². The molecule has 1 aliphatic rings. The number of oxime groups is 1. The Morgan fingerprint density at radius 3 is 3.20 bits per heavy atom. The molecule has 0 amide bonds. The molecule has 78 valence electrons. The second-order valence-corrected chi connectivity index (χ2v) is 2.99. The first-order chi connectivity index (χ1) is 7.31. The van der Waals surface area contributed by atoms with Crippen molar-refractivity contribution in [2.75, 3.05) is 0 Å². The molecule has 1 unspecified atom stereocenters. The van der Waals surface area contributed by atoms with Gasteiger partial charge in [-0.2, -0.15) is 0 Å². The molecule has 0 saturated carbocycles. The standard InChI is InChI=1S/C9H10N4O2/c10-9(12-14)8-4-7(13-15-8)6-2-1-3-11-5-6/h1-5,8,13-14H,(H2,10,12). The third-order valence-electron chi connectivity index (χ3n) is 1.99. The highest BCUT2D eigenvalue weighted by atomic mass is 16.7. The third kappa shape index (κ3) is 1.89. The van der Waals surface area contributed by atoms with Crippen LogP contribution in [0.15, 0.2) is 35.8 Å². The van der Waals surface area contributed by atoms with E-state index in [0.717, 1.165) is 11.3 Å². The van der Waals surface area contributed by atoms with Gasteiger partial charge in [-0.25, -0.2) is 0 Å². The molecule has 0 fully saturated rings. The molecule has 1 aromatic heterocycles. The molecule has 6 nitrogen and oxygen atoms in total. The van der Waals surface area contributed by atoms with Gasteiger partial charge in [-0.05, 0) is 18.2 Å². The molecule has 2 heterocycles. The van der Waals surface area contributed by atoms with Crippen LogP contribution in [0.5, 0.6) is 0 Å². The number of nitrogens with zero attached hydrogens (tertiary/aromatic N) is 2. The van der Waals surface area contributed by atoms with Gasteiger partial charge in [0.15, 0.2) is 11.9 Å². The maximum absolute atomic E-state index is 8.47. The summed E-state index contributed by atoms with van der Waals surface area (Å²) in [4.78, 5) is 9.06. The Kier molecular flexibility index (Phi) is 2.51. The molecular formula is C9H10N4O2. The molecule has 1 aromatic rings. The first-order valence-electron chi connectivity index (χ1n) is 4.32. The summed E-state index contributed by atoms with van der Waals surface area (Å²) in [7, 11) is 0. The predicted octanol–water partition coefficient (Wildman–Crippen LogP) is 0.0723. The van der Waals surface area contributed by atoms with Gasteiger partial charge >= 0.3 is 0 Å². The van der Waals surface area contributed by atoms with Crippen LogP contribution in [0.1, 0.15) is 5.56 Å². The number of hydroxylamine groups is 1. The largest absolute Gasteiger partial charge is 0.409 e. The Morgan fingerprint density at radius 2 is 2.53 bits per heavy atom. The average Bonchev–Trinajstić information content (AvgIpc) is 2.78. The van der Waals surface area contributed by atoms with Crippen molar-refractivity contribution < 1.29 is 10.0 Å². The second-order valence-electron chi connectivity index (χ2n) is 2.99. The number of hydrogen-bond donors (Lipinski definition) is 3. The van der Waals surface area contributed by atoms with Gasteiger partial charge < -0.3 is 10.9 Å². The van der Waals surface area contributed by atoms with Gasteiger partial charge in [0.25, 0.3) is 0 Å². The van der Waals surface area contributed by atoms with Crippen molar-refractivity contribution in [2.45, 2.75) is 6.10 Å². The zero-order valence-corrected chi connectivity index (χ0v) is 7.79. The summed E-state index contributed by atoms with van der Waals surface area (Å²) >= 11 is 0. The van der Waals surface area contributed by atoms with Crippen molar-refractivity contribution in [1.82, 2.24) is 10.5 Å². The molecule has 1 atom stereocenters. The van der Waals surface area contributed by atoms with Crippen LogP contribution >= 0.6 is 0 Å². The lowest BCUT2D eigenvalue weighted by Crippen LogP contribution is -2.29. The van der Waals surface area contributed by atoms with Crippen LogP contribution < -0.4 is 11.2 Å². The highest BCUT2D eigenvalue weighted by Crippen LogP contribution is 2.16. The topological polar surface area (TPSA) is 92.8 Å². The van der Waals surface area contributed by atoms with Crippen LogP contribution in [-0.4, -0.2) is 22.1 Å². The van der Waals surface area contributed by atoms with Crippen LogP contribution in [0, 0.1) is 0 Å². The van der Waals surface area contributed by atoms with Gasteiger partial charge in [0.2, 0.25) is 0 Å². The zero-order chi connectivity index (χ0) is 10.7. The minimum Gasteiger partial charge on any atom is -0.409 e. The molecule has 0 bridgehead atoms. The molecule has 0 saturated heterocycles. The van der Waals surface area contributed by atoms with Gasteiger partial charge in [-0.1, -0.05) is 5.16 Å². The van der Waals surface area contributed by atoms with E-state index in [9.17, 15) is 0 Å². The monoisotopic (exact) mass is 206 g/mol. The molecule has 6 heteroatoms. The van der Waals surface area contributed by atoms with E-state index in [4.69, 9.17) is 15.8 Å². The van der Waals surface area contributed by atoms with Gasteiger partial charge in [-0.3, -0.25) is 15.3 Å². The lowest BCUT2D eigenvalue weighted by Gasteiger charge is -2.04. The average molecular weight is 206 g/mol. The first-order valence-corrected chi connectivity index (χ1v) is 4.32. The molecule has 0 aliphatic carbocycles. The summed E-state index contributed by atoms with van der Waals surface area (Å²) in [6, 6.07) is 3.69. The number of hydrogen-bond acceptors (Lipinski definition) is 5. The second kappa shape index (κ2) is 3.97. The fourth-order valence-electron chi connectivity index (χ4n) is 1.23. The van der Waals surface area contributed by atoms with E-state index in [1.165, 1.54) is 0 Å². The maximum atomic E-state index is 8.47. The van der Waals surface area contributed by atoms with Crippen LogP contribution in [0.4, 0.5) is 0 Å². The van der Waals surface area contributed by atoms with Crippen LogP contribution in [0.3, 0.4) is 0 Å². The lowest BCUT2D eigenvalue weighted by molar-refractivity contribution is 0.0859. The molecular weight excluding hydrogens is 196 g/mol. The van der Waals surface area contributed by atoms with Crippen molar-refractivity contribution in [3.05, 3.63) is 36.2 Å². The summed E-state index contributed by atoms with van der Waals surface area (Å²) in [6.45, 7) is 0. The van der Waals surface area contributed by atoms with Crippen molar-refractivity contribution in [3.63, 3.8) is 0 Å². The third-order valence-corrected chi connectivity index (χ3v) is 1.99. The normalized spacial score (nSPS) is 20.9. The highest BCUT2D eigenvalue weighted by Gasteiger charge is 2.21. The van der Waals surface area contributed by atoms with Gasteiger partial charge in [0.1, 0.15) is 0 Å². The molecule has 0 radical (unpaired) electrons. The summed E-state index contributed by atoms with van der Waals surface area (Å²) in [5.41, 5.74) is 9.71. The van der Waals surface area contributed by atoms with Gasteiger partial charge in [0.05, 0.1) is 5.70 Å². The Bertz CT molecular complexity index is 402. The number of amidine groups is 1. The smallest absolute Gasteiger partial charge is 0.175 e. The summed E-state index contributed by atoms with van der Waals surface area (Å²) in [5.74, 6) is 0.00129. The number of pyridine rings is 1. The van der Waals surface area contributed by atoms with Crippen molar-refractivity contribution in [1.29, 1.82) is 0 Å². The van der Waals surface area contributed by atoms with Crippen molar-refractivity contribution in [3.8, 4) is 0 Å². The van der Waals surface area contributed by atoms with Crippen LogP contribution in [0.2, 0.25) is 0 Å². The molecule has 0 spiro atoms. The van der Waals surface area contributed by atoms with Crippen LogP contribution in [-0.2, 0) is 4.84 Å². The van der Waals surface area contributed by atoms with E-state index in [1.807, 2.05) is 12.1 Å². The van der Waals surface area contributed by atoms with Crippen LogP contribution in [0.25, 0.3) is 5.70 Å². The molecule has 2 rings (SSSR count). The Labute approximate surface area is 86.0 Å². The van der Waals surface area contributed by atoms with Crippen molar-refractivity contribution in [2.24, 2.45) is 10.9 Å². The number of rotatable bonds is 2. The molecule has 1 aliphatic heterocycles. The number of nitrogens with one attached hydrogen (secondary N) is 1. The Hall–Kier alpha value is -2.08. The van der Waals surface area contributed by atoms with E-state index >= 15 is 0 Å². The predicted molar refractivity (Wildman–Crippen MR) is 53.6 cm³/mol. The molecule has 0 aromatic carbocycles. The van der Waals surface area contributed by atoms with E-state index in [0.29, 0.717) is 0 Å². The summed E-state index contributed by atoms with van der Waals surface area (Å²) in [5, 5.41) is 11.3. The number of aromatic nitrogens is 1. The lowest BCUT2D eigenvalue weighted by atomic mass is 10.2. The first kappa shape index (κ1) is 9.47. The summed E-state index contributed by atoms with van der Waals surface area (Å²) in [6.07, 6.45) is 4.54. The zero-order valence-electron chi connectivity index (χ0n) is 7.79. The Morgan fingerprint density at radius 1 is 1.67 bits per heavy atom. The maximum Gasteiger partial charge on any atom is 0.175 e. The highest BCUT2D eigenvalue weighted by molar-refractivity contribution is 5.88. The number of nitrogens with two attached hydrogens (primary N) is 1. The van der Waals surface area contributed by atoms with E-state index in [2.05, 4.69) is 15.6 Å². The van der Waals surface area contributed by atoms with E-state index < -0.39 is 6.10 Å². The van der Waals surface area contributed by atoms with Gasteiger partial charge in [-0.15, -0.1) is 0 Å². The van der Waals surface area contributed by atoms with Gasteiger partial charge in [0, 0.05) is 18.0 Å². The Balaban J connectivity index is 2.20. The molecule has 4 N–H and O–H groups in total.